The van der Waals surface area contributed by atoms with Gasteiger partial charge in [-0.1, -0.05) is 69.0 Å². The molecule has 2 rings (SSSR count). The Kier molecular flexibility index (Phi) is 6.50. The van der Waals surface area contributed by atoms with Gasteiger partial charge in [0, 0.05) is 0 Å². The van der Waals surface area contributed by atoms with Crippen LogP contribution in [0.4, 0.5) is 0 Å². The van der Waals surface area contributed by atoms with Crippen molar-refractivity contribution in [1.29, 1.82) is 0 Å². The smallest absolute Gasteiger partial charge is 0.100 e. The maximum Gasteiger partial charge on any atom is 0.100 e. The number of unbranched alkanes of at least 4 members (excludes halogenated alkanes) is 3. The van der Waals surface area contributed by atoms with Crippen molar-refractivity contribution >= 4 is 0 Å². The topological polar surface area (TPSA) is 20.2 Å². The number of aliphatic hydroxyl groups is 1. The number of aliphatic hydroxyl groups excluding tert-OH is 1. The first-order valence-corrected chi connectivity index (χ1v) is 8.68. The van der Waals surface area contributed by atoms with Crippen LogP contribution >= 0.6 is 0 Å². The van der Waals surface area contributed by atoms with E-state index in [-0.39, 0.29) is 0 Å². The Hall–Kier alpha value is -1.08. The monoisotopic (exact) mass is 286 g/mol. The van der Waals surface area contributed by atoms with Crippen LogP contribution in [0, 0.1) is 5.92 Å². The fourth-order valence-electron chi connectivity index (χ4n) is 3.55. The molecule has 0 aromatic heterocycles. The molecule has 21 heavy (non-hydrogen) atoms. The van der Waals surface area contributed by atoms with E-state index < -0.39 is 6.10 Å². The van der Waals surface area contributed by atoms with E-state index in [0.717, 1.165) is 12.0 Å². The van der Waals surface area contributed by atoms with Crippen LogP contribution in [0.3, 0.4) is 0 Å². The molecule has 0 bridgehead atoms. The van der Waals surface area contributed by atoms with Crippen molar-refractivity contribution in [2.24, 2.45) is 5.92 Å². The average Bonchev–Trinajstić information content (AvgIpc) is 2.94. The summed E-state index contributed by atoms with van der Waals surface area (Å²) in [6.45, 7) is 4.57. The van der Waals surface area contributed by atoms with Crippen LogP contribution in [-0.2, 0) is 0 Å². The molecule has 1 aliphatic carbocycles. The minimum absolute atomic E-state index is 0.400. The Morgan fingerprint density at radius 2 is 1.95 bits per heavy atom. The number of allylic oxidation sites excluding steroid dienone is 1. The van der Waals surface area contributed by atoms with E-state index in [1.165, 1.54) is 50.5 Å². The van der Waals surface area contributed by atoms with Crippen molar-refractivity contribution < 1.29 is 5.11 Å². The molecule has 0 unspecified atom stereocenters. The molecule has 0 spiro atoms. The fourth-order valence-corrected chi connectivity index (χ4v) is 3.55. The van der Waals surface area contributed by atoms with Gasteiger partial charge in [0.2, 0.25) is 0 Å². The first-order valence-electron chi connectivity index (χ1n) is 8.68. The van der Waals surface area contributed by atoms with E-state index in [1.807, 2.05) is 18.2 Å². The Morgan fingerprint density at radius 1 is 1.19 bits per heavy atom. The van der Waals surface area contributed by atoms with Crippen LogP contribution in [0.15, 0.2) is 41.5 Å². The van der Waals surface area contributed by atoms with Crippen molar-refractivity contribution in [2.75, 3.05) is 0 Å². The van der Waals surface area contributed by atoms with Crippen molar-refractivity contribution in [3.63, 3.8) is 0 Å². The highest BCUT2D eigenvalue weighted by atomic mass is 16.3. The molecule has 0 radical (unpaired) electrons. The Morgan fingerprint density at radius 3 is 2.57 bits per heavy atom. The standard InChI is InChI=1S/C20H30O/c1-3-4-5-9-14-19(18-15-10-11-16(18)2)20(21)17-12-7-6-8-13-17/h6-8,12-13,16,20-21H,3-5,9-11,14-15H2,1-2H3/b19-18+/t16-,20+/m0/s1. The normalized spacial score (nSPS) is 22.3. The third-order valence-electron chi connectivity index (χ3n) is 4.84. The summed E-state index contributed by atoms with van der Waals surface area (Å²) >= 11 is 0. The van der Waals surface area contributed by atoms with Gasteiger partial charge in [-0.25, -0.2) is 0 Å². The van der Waals surface area contributed by atoms with Crippen molar-refractivity contribution in [1.82, 2.24) is 0 Å². The Balaban J connectivity index is 2.15. The number of rotatable bonds is 7. The van der Waals surface area contributed by atoms with E-state index in [1.54, 1.807) is 5.57 Å². The number of hydrogen-bond acceptors (Lipinski definition) is 1. The molecule has 116 valence electrons. The van der Waals surface area contributed by atoms with Crippen LogP contribution in [0.2, 0.25) is 0 Å². The third-order valence-corrected chi connectivity index (χ3v) is 4.84. The van der Waals surface area contributed by atoms with Gasteiger partial charge < -0.3 is 5.11 Å². The maximum atomic E-state index is 10.9. The van der Waals surface area contributed by atoms with Gasteiger partial charge in [-0.05, 0) is 49.2 Å². The summed E-state index contributed by atoms with van der Waals surface area (Å²) in [7, 11) is 0. The molecule has 1 saturated carbocycles. The summed E-state index contributed by atoms with van der Waals surface area (Å²) in [6.07, 6.45) is 9.49. The van der Waals surface area contributed by atoms with Crippen molar-refractivity contribution in [2.45, 2.75) is 71.3 Å². The summed E-state index contributed by atoms with van der Waals surface area (Å²) in [4.78, 5) is 0. The number of benzene rings is 1. The molecule has 0 saturated heterocycles. The zero-order valence-electron chi connectivity index (χ0n) is 13.6. The molecule has 2 atom stereocenters. The zero-order valence-corrected chi connectivity index (χ0v) is 13.6. The molecule has 1 fully saturated rings. The van der Waals surface area contributed by atoms with Gasteiger partial charge in [0.05, 0.1) is 0 Å². The lowest BCUT2D eigenvalue weighted by Gasteiger charge is -2.21. The molecular weight excluding hydrogens is 256 g/mol. The molecule has 0 aliphatic heterocycles. The number of hydrogen-bond donors (Lipinski definition) is 1. The van der Waals surface area contributed by atoms with Crippen LogP contribution in [-0.4, -0.2) is 5.11 Å². The minimum atomic E-state index is -0.400. The fraction of sp³-hybridized carbons (Fsp3) is 0.600. The predicted molar refractivity (Wildman–Crippen MR) is 90.2 cm³/mol. The highest BCUT2D eigenvalue weighted by Gasteiger charge is 2.24. The van der Waals surface area contributed by atoms with Crippen molar-refractivity contribution in [3.05, 3.63) is 47.0 Å². The largest absolute Gasteiger partial charge is 0.384 e. The van der Waals surface area contributed by atoms with Gasteiger partial charge in [0.1, 0.15) is 6.10 Å². The highest BCUT2D eigenvalue weighted by Crippen LogP contribution is 2.39. The van der Waals surface area contributed by atoms with Gasteiger partial charge in [0.25, 0.3) is 0 Å². The summed E-state index contributed by atoms with van der Waals surface area (Å²) < 4.78 is 0. The van der Waals surface area contributed by atoms with Crippen LogP contribution in [0.1, 0.15) is 76.9 Å². The molecule has 1 aromatic rings. The van der Waals surface area contributed by atoms with Crippen molar-refractivity contribution in [3.8, 4) is 0 Å². The van der Waals surface area contributed by atoms with Gasteiger partial charge in [-0.2, -0.15) is 0 Å². The third kappa shape index (κ3) is 4.44. The highest BCUT2D eigenvalue weighted by molar-refractivity contribution is 5.31. The van der Waals surface area contributed by atoms with Crippen LogP contribution in [0.5, 0.6) is 0 Å². The van der Waals surface area contributed by atoms with E-state index in [2.05, 4.69) is 26.0 Å². The first kappa shape index (κ1) is 16.3. The SMILES string of the molecule is CCCCCC/C(=C1/CCC[C@@H]1C)[C@H](O)c1ccccc1. The van der Waals surface area contributed by atoms with Gasteiger partial charge in [0.15, 0.2) is 0 Å². The predicted octanol–water partition coefficient (Wildman–Crippen LogP) is 5.81. The summed E-state index contributed by atoms with van der Waals surface area (Å²) in [5.74, 6) is 0.657. The molecule has 0 heterocycles. The van der Waals surface area contributed by atoms with Gasteiger partial charge in [-0.15, -0.1) is 0 Å². The van der Waals surface area contributed by atoms with Crippen LogP contribution < -0.4 is 0 Å². The maximum absolute atomic E-state index is 10.9. The minimum Gasteiger partial charge on any atom is -0.384 e. The molecule has 1 aliphatic rings. The molecule has 1 nitrogen and oxygen atoms in total. The zero-order chi connectivity index (χ0) is 15.1. The second-order valence-electron chi connectivity index (χ2n) is 6.47. The molecule has 1 N–H and O–H groups in total. The van der Waals surface area contributed by atoms with Gasteiger partial charge in [-0.3, -0.25) is 0 Å². The molecule has 1 heteroatoms. The lowest BCUT2D eigenvalue weighted by Crippen LogP contribution is -2.07. The molecule has 0 amide bonds. The van der Waals surface area contributed by atoms with E-state index in [0.29, 0.717) is 5.92 Å². The van der Waals surface area contributed by atoms with E-state index >= 15 is 0 Å². The Bertz CT molecular complexity index is 446. The molecular formula is C20H30O. The first-order chi connectivity index (χ1) is 10.2. The Labute approximate surface area is 130 Å². The average molecular weight is 286 g/mol. The van der Waals surface area contributed by atoms with Crippen LogP contribution in [0.25, 0.3) is 0 Å². The second-order valence-corrected chi connectivity index (χ2v) is 6.47. The molecule has 1 aromatic carbocycles. The lowest BCUT2D eigenvalue weighted by molar-refractivity contribution is 0.208. The summed E-state index contributed by atoms with van der Waals surface area (Å²) in [5.41, 5.74) is 3.92. The van der Waals surface area contributed by atoms with E-state index in [9.17, 15) is 5.11 Å². The van der Waals surface area contributed by atoms with Gasteiger partial charge >= 0.3 is 0 Å². The second kappa shape index (κ2) is 8.38. The summed E-state index contributed by atoms with van der Waals surface area (Å²) in [5, 5.41) is 10.9. The van der Waals surface area contributed by atoms with E-state index in [4.69, 9.17) is 0 Å². The summed E-state index contributed by atoms with van der Waals surface area (Å²) in [6, 6.07) is 10.2. The quantitative estimate of drug-likeness (QED) is 0.495. The lowest BCUT2D eigenvalue weighted by atomic mass is 9.88.